The fraction of sp³-hybridized carbons (Fsp3) is 0.562. The van der Waals surface area contributed by atoms with Gasteiger partial charge in [-0.05, 0) is 273 Å². The molecule has 0 radical (unpaired) electrons. The molecule has 8 aliphatic heterocycles. The number of halogens is 12. The number of carbonyl (C=O) groups excluding carboxylic acids is 4. The number of phenolic OH excluding ortho intramolecular Hbond substituents is 1. The first kappa shape index (κ1) is 96.5. The Morgan fingerprint density at radius 1 is 0.454 bits per heavy atom. The number of hydrogen-bond donors (Lipinski definition) is 4. The Kier molecular flexibility index (Phi) is 29.5. The van der Waals surface area contributed by atoms with Crippen LogP contribution in [0.5, 0.6) is 17.2 Å². The number of fused-ring (bicyclic) bond motifs is 2. The molecule has 6 aromatic carbocycles. The van der Waals surface area contributed by atoms with Crippen LogP contribution in [0.3, 0.4) is 0 Å². The lowest BCUT2D eigenvalue weighted by Crippen LogP contribution is -2.59. The second-order valence-corrected chi connectivity index (χ2v) is 36.6. The van der Waals surface area contributed by atoms with Crippen molar-refractivity contribution in [1.82, 2.24) is 24.5 Å². The van der Waals surface area contributed by atoms with Crippen LogP contribution in [0.4, 0.5) is 52.7 Å². The van der Waals surface area contributed by atoms with Crippen molar-refractivity contribution in [3.63, 3.8) is 0 Å². The van der Waals surface area contributed by atoms with Crippen molar-refractivity contribution in [2.75, 3.05) is 85.8 Å². The molecule has 5 N–H and O–H groups in total. The Balaban J connectivity index is 0.000000148. The van der Waals surface area contributed by atoms with Gasteiger partial charge in [0.2, 0.25) is 0 Å². The maximum atomic E-state index is 14.4. The molecule has 6 saturated heterocycles. The van der Waals surface area contributed by atoms with Crippen LogP contribution in [0.1, 0.15) is 230 Å². The summed E-state index contributed by atoms with van der Waals surface area (Å²) in [6.45, 7) is 16.4. The second-order valence-electron chi connectivity index (χ2n) is 36.6. The normalized spacial score (nSPS) is 27.4. The number of hydrogen-bond acceptors (Lipinski definition) is 18. The number of carboxylic acid groups (broad SMARTS) is 2. The van der Waals surface area contributed by atoms with E-state index in [1.807, 2.05) is 43.3 Å². The van der Waals surface area contributed by atoms with Gasteiger partial charge in [0.05, 0.1) is 79.5 Å². The van der Waals surface area contributed by atoms with E-state index in [0.29, 0.717) is 117 Å². The molecule has 34 heteroatoms. The Labute approximate surface area is 746 Å². The van der Waals surface area contributed by atoms with Gasteiger partial charge in [-0.2, -0.15) is 39.5 Å². The first-order chi connectivity index (χ1) is 61.8. The van der Waals surface area contributed by atoms with Gasteiger partial charge in [0.1, 0.15) is 11.2 Å². The lowest BCUT2D eigenvalue weighted by Gasteiger charge is -2.47. The summed E-state index contributed by atoms with van der Waals surface area (Å²) >= 11 is 0. The molecule has 12 atom stereocenters. The molecule has 0 spiro atoms. The molecule has 706 valence electrons. The third kappa shape index (κ3) is 21.4. The number of nitrogens with two attached hydrogens (primary N) is 1. The highest BCUT2D eigenvalue weighted by Crippen LogP contribution is 2.53. The molecule has 0 unspecified atom stereocenters. The number of carboxylic acids is 2. The van der Waals surface area contributed by atoms with E-state index in [0.717, 1.165) is 140 Å². The van der Waals surface area contributed by atoms with Gasteiger partial charge in [-0.1, -0.05) is 57.2 Å². The van der Waals surface area contributed by atoms with E-state index >= 15 is 0 Å². The van der Waals surface area contributed by atoms with Crippen molar-refractivity contribution in [2.45, 2.75) is 222 Å². The number of amides is 2. The summed E-state index contributed by atoms with van der Waals surface area (Å²) in [5.74, 6) is -5.37. The zero-order valence-electron chi connectivity index (χ0n) is 73.2. The van der Waals surface area contributed by atoms with Gasteiger partial charge in [-0.25, -0.2) is 32.3 Å². The number of phenols is 1. The minimum Gasteiger partial charge on any atom is -0.505 e. The van der Waals surface area contributed by atoms with Gasteiger partial charge in [-0.15, -0.1) is 0 Å². The number of likely N-dealkylation sites (tertiary alicyclic amines) is 3. The molecule has 3 saturated carbocycles. The van der Waals surface area contributed by atoms with Crippen molar-refractivity contribution in [2.24, 2.45) is 41.2 Å². The first-order valence-electron chi connectivity index (χ1n) is 44.9. The summed E-state index contributed by atoms with van der Waals surface area (Å²) in [5.41, 5.74) is 3.19. The van der Waals surface area contributed by atoms with Gasteiger partial charge >= 0.3 is 42.4 Å². The highest BCUT2D eigenvalue weighted by Gasteiger charge is 2.59. The molecule has 0 aromatic heterocycles. The Bertz CT molecular complexity index is 5080. The van der Waals surface area contributed by atoms with Crippen molar-refractivity contribution in [3.05, 3.63) is 193 Å². The van der Waals surface area contributed by atoms with Crippen LogP contribution in [-0.4, -0.2) is 196 Å². The largest absolute Gasteiger partial charge is 0.505 e. The van der Waals surface area contributed by atoms with E-state index in [2.05, 4.69) is 47.6 Å². The number of aromatic hydroxyl groups is 1. The fourth-order valence-corrected chi connectivity index (χ4v) is 20.7. The number of carbonyl (C=O) groups is 6. The third-order valence-electron chi connectivity index (χ3n) is 28.1. The number of nitrogens with zero attached hydrogens (tertiary/aromatic N) is 5. The van der Waals surface area contributed by atoms with Crippen molar-refractivity contribution < 1.29 is 130 Å². The zero-order chi connectivity index (χ0) is 93.3. The van der Waals surface area contributed by atoms with Crippen LogP contribution >= 0.6 is 0 Å². The van der Waals surface area contributed by atoms with Gasteiger partial charge < -0.3 is 64.0 Å². The van der Waals surface area contributed by atoms with Gasteiger partial charge in [0.15, 0.2) is 53.8 Å². The molecule has 8 heterocycles. The number of piperidine rings is 3. The van der Waals surface area contributed by atoms with E-state index in [1.165, 1.54) is 15.4 Å². The number of benzene rings is 6. The Morgan fingerprint density at radius 3 is 1.11 bits per heavy atom. The number of esters is 2. The minimum absolute atomic E-state index is 0.00112. The third-order valence-corrected chi connectivity index (χ3v) is 28.1. The smallest absolute Gasteiger partial charge is 0.416 e. The SMILES string of the molecule is CCOC(=O)c1cccc([C@H]2CCN([C@@H]3CC[C@@](C(=O)N4COc5c(F)cc(C(F)(F)F)cc5C4)(C4CC4)OC3)C[C@@H]2C)c1.CCOC(=O)c1cccc([C@H]2CCN([C@@H]3CC[C@@](C(=O)O)(C4CC4)OC3)C[C@@H]2C)c1.C[C@H]1CN([C@@H]2CC[C@@](C(=O)N3COc4c(F)cc(C(F)(F)F)cc4C3)(C3CC3)OC2)CC[C@@H]1c1cccc(C(=O)O)c1.NCc1cc(C(F)(F)F)cc(F)c1O. The van der Waals surface area contributed by atoms with E-state index in [4.69, 9.17) is 44.0 Å². The van der Waals surface area contributed by atoms with Crippen LogP contribution in [0, 0.1) is 53.0 Å². The Hall–Kier alpha value is -9.58. The quantitative estimate of drug-likeness (QED) is 0.0460. The average Bonchev–Trinajstić information content (AvgIpc) is 1.58. The monoisotopic (exact) mass is 1830 g/mol. The lowest BCUT2D eigenvalue weighted by atomic mass is 9.79. The molecule has 17 rings (SSSR count). The Morgan fingerprint density at radius 2 is 0.792 bits per heavy atom. The molecule has 0 bridgehead atoms. The highest BCUT2D eigenvalue weighted by atomic mass is 19.4. The van der Waals surface area contributed by atoms with Gasteiger partial charge in [-0.3, -0.25) is 24.3 Å². The number of aliphatic carboxylic acids is 1. The second kappa shape index (κ2) is 39.7. The van der Waals surface area contributed by atoms with Crippen molar-refractivity contribution in [1.29, 1.82) is 0 Å². The lowest BCUT2D eigenvalue weighted by molar-refractivity contribution is -0.183. The maximum Gasteiger partial charge on any atom is 0.416 e. The van der Waals surface area contributed by atoms with E-state index in [-0.39, 0.29) is 132 Å². The first-order valence-corrected chi connectivity index (χ1v) is 44.9. The summed E-state index contributed by atoms with van der Waals surface area (Å²) in [5, 5.41) is 28.1. The topological polar surface area (TPSA) is 270 Å². The van der Waals surface area contributed by atoms with E-state index in [1.54, 1.807) is 31.2 Å². The fourth-order valence-electron chi connectivity index (χ4n) is 20.7. The maximum absolute atomic E-state index is 14.4. The molecule has 2 amide bonds. The van der Waals surface area contributed by atoms with E-state index in [9.17, 15) is 91.7 Å². The molecule has 130 heavy (non-hydrogen) atoms. The number of rotatable bonds is 18. The highest BCUT2D eigenvalue weighted by molar-refractivity contribution is 5.91. The summed E-state index contributed by atoms with van der Waals surface area (Å²) in [7, 11) is 0. The number of aromatic carboxylic acids is 1. The van der Waals surface area contributed by atoms with Gasteiger partial charge in [0.25, 0.3) is 11.8 Å². The van der Waals surface area contributed by atoms with Crippen LogP contribution < -0.4 is 15.2 Å². The molecule has 9 fully saturated rings. The van der Waals surface area contributed by atoms with Crippen LogP contribution in [0.15, 0.2) is 109 Å². The van der Waals surface area contributed by atoms with Crippen LogP contribution in [0.2, 0.25) is 0 Å². The molecule has 3 aliphatic carbocycles. The summed E-state index contributed by atoms with van der Waals surface area (Å²) in [6, 6.07) is 26.7. The standard InChI is InChI=1S/C33H38F4N2O5.C31H34F4N2O5.C24H33NO5.C8H7F4NO/c1-3-42-30(40)22-6-4-5-21(13-22)27-10-12-38(16-20(27)2)26-9-11-32(44-18-26,24-7-8-24)31(41)39-17-23-14-25(33(35,36)37)15-28(34)29(23)43-19-39;1-18-14-36(10-8-25(18)19-3-2-4-20(11-19)28(38)39)24-7-9-30(42-16-24,22-5-6-22)29(40)37-15-21-12-23(31(33,34)35)13-26(32)27(21)41-17-37;1-3-29-22(26)18-6-4-5-17(13-18)21-10-12-25(14-16(21)2)20-9-11-24(23(27)28,30-15-20)19-7-8-19;9-6-2-5(8(10,11)12)1-4(3-13)7(6)14/h4-6,13-15,20,24,26-27H,3,7-12,16-19H2,1-2H3;2-4,11-13,18,22,24-25H,5-10,14-17H2,1H3,(H,38,39);4-6,13,16,19-21H,3,7-12,14-15H2,1-2H3,(H,27,28);1-2,14H,3,13H2/t20-,26+,27-,32-;18-,24+,25-,30-;16-,20+,21-,24-;/m000./s1. The molecular formula is C96H112F12N6O16. The number of alkyl halides is 9. The molecular weight excluding hydrogens is 1720 g/mol. The minimum atomic E-state index is -4.71. The molecule has 6 aromatic rings. The van der Waals surface area contributed by atoms with Crippen molar-refractivity contribution in [3.8, 4) is 17.2 Å². The van der Waals surface area contributed by atoms with E-state index < -0.39 is 87.2 Å². The van der Waals surface area contributed by atoms with Crippen LogP contribution in [-0.2, 0) is 76.2 Å². The average molecular weight is 1830 g/mol. The van der Waals surface area contributed by atoms with Gasteiger partial charge in [0, 0.05) is 61.0 Å². The summed E-state index contributed by atoms with van der Waals surface area (Å²) < 4.78 is 198. The van der Waals surface area contributed by atoms with Crippen molar-refractivity contribution >= 4 is 35.7 Å². The summed E-state index contributed by atoms with van der Waals surface area (Å²) in [6.07, 6.45) is -1.88. The predicted octanol–water partition coefficient (Wildman–Crippen LogP) is 17.5. The number of ether oxygens (including phenoxy) is 7. The zero-order valence-corrected chi connectivity index (χ0v) is 73.2. The summed E-state index contributed by atoms with van der Waals surface area (Å²) in [4.78, 5) is 85.5. The van der Waals surface area contributed by atoms with Crippen LogP contribution in [0.25, 0.3) is 0 Å². The predicted molar refractivity (Wildman–Crippen MR) is 449 cm³/mol. The molecule has 11 aliphatic rings. The molecule has 22 nitrogen and oxygen atoms in total.